The average molecular weight is 216 g/mol. The number of aromatic hydroxyl groups is 1. The van der Waals surface area contributed by atoms with Gasteiger partial charge < -0.3 is 10.2 Å². The highest BCUT2D eigenvalue weighted by Crippen LogP contribution is 2.29. The minimum atomic E-state index is -0.854. The minimum absolute atomic E-state index is 0.0336. The molecular weight excluding hydrogens is 204 g/mol. The van der Waals surface area contributed by atoms with Crippen molar-refractivity contribution < 1.29 is 15.0 Å². The number of hydrogen-bond acceptors (Lipinski definition) is 2. The van der Waals surface area contributed by atoms with Gasteiger partial charge in [0, 0.05) is 11.8 Å². The van der Waals surface area contributed by atoms with Crippen molar-refractivity contribution in [2.75, 3.05) is 0 Å². The van der Waals surface area contributed by atoms with Gasteiger partial charge in [0.05, 0.1) is 0 Å². The summed E-state index contributed by atoms with van der Waals surface area (Å²) < 4.78 is 0. The molecular formula is C13H12O3. The molecule has 0 aliphatic heterocycles. The molecule has 2 aromatic rings. The van der Waals surface area contributed by atoms with Gasteiger partial charge in [0.2, 0.25) is 0 Å². The number of aliphatic carboxylic acids is 1. The Morgan fingerprint density at radius 1 is 1.12 bits per heavy atom. The summed E-state index contributed by atoms with van der Waals surface area (Å²) in [7, 11) is 0. The molecule has 0 spiro atoms. The van der Waals surface area contributed by atoms with E-state index in [1.165, 1.54) is 0 Å². The van der Waals surface area contributed by atoms with Crippen LogP contribution in [-0.4, -0.2) is 16.2 Å². The molecule has 2 N–H and O–H groups in total. The van der Waals surface area contributed by atoms with Crippen LogP contribution in [0.2, 0.25) is 0 Å². The van der Waals surface area contributed by atoms with Crippen LogP contribution in [0.25, 0.3) is 10.8 Å². The van der Waals surface area contributed by atoms with Gasteiger partial charge in [-0.2, -0.15) is 0 Å². The van der Waals surface area contributed by atoms with Crippen LogP contribution < -0.4 is 0 Å². The van der Waals surface area contributed by atoms with E-state index in [-0.39, 0.29) is 12.2 Å². The number of rotatable bonds is 3. The number of carboxylic acids is 1. The van der Waals surface area contributed by atoms with E-state index in [0.29, 0.717) is 12.0 Å². The van der Waals surface area contributed by atoms with Gasteiger partial charge in [0.1, 0.15) is 5.75 Å². The summed E-state index contributed by atoms with van der Waals surface area (Å²) in [4.78, 5) is 10.5. The van der Waals surface area contributed by atoms with Gasteiger partial charge in [-0.1, -0.05) is 36.4 Å². The smallest absolute Gasteiger partial charge is 0.303 e. The van der Waals surface area contributed by atoms with Gasteiger partial charge in [0.15, 0.2) is 0 Å². The second kappa shape index (κ2) is 4.23. The Kier molecular flexibility index (Phi) is 2.77. The fraction of sp³-hybridized carbons (Fsp3) is 0.154. The average Bonchev–Trinajstić information content (AvgIpc) is 2.28. The molecule has 0 saturated carbocycles. The van der Waals surface area contributed by atoms with Crippen LogP contribution in [0, 0.1) is 0 Å². The maximum Gasteiger partial charge on any atom is 0.303 e. The number of hydrogen-bond donors (Lipinski definition) is 2. The summed E-state index contributed by atoms with van der Waals surface area (Å²) in [5.74, 6) is -0.660. The second-order valence-electron chi connectivity index (χ2n) is 3.69. The van der Waals surface area contributed by atoms with Crippen molar-refractivity contribution in [2.45, 2.75) is 12.8 Å². The molecule has 0 bridgehead atoms. The Morgan fingerprint density at radius 2 is 1.88 bits per heavy atom. The van der Waals surface area contributed by atoms with Crippen molar-refractivity contribution in [3.05, 3.63) is 42.0 Å². The summed E-state index contributed by atoms with van der Waals surface area (Å²) in [5, 5.41) is 20.3. The molecule has 0 amide bonds. The van der Waals surface area contributed by atoms with Crippen molar-refractivity contribution in [2.24, 2.45) is 0 Å². The number of phenolic OH excluding ortho intramolecular Hbond substituents is 1. The molecule has 3 nitrogen and oxygen atoms in total. The highest BCUT2D eigenvalue weighted by Gasteiger charge is 2.07. The van der Waals surface area contributed by atoms with Crippen LogP contribution in [0.1, 0.15) is 12.0 Å². The van der Waals surface area contributed by atoms with E-state index in [0.717, 1.165) is 10.8 Å². The topological polar surface area (TPSA) is 57.5 Å². The summed E-state index contributed by atoms with van der Waals surface area (Å²) in [6.07, 6.45) is 0.387. The lowest BCUT2D eigenvalue weighted by Gasteiger charge is -2.06. The van der Waals surface area contributed by atoms with Crippen molar-refractivity contribution >= 4 is 16.7 Å². The number of benzene rings is 2. The number of carbonyl (C=O) groups is 1. The molecule has 0 unspecified atom stereocenters. The van der Waals surface area contributed by atoms with Crippen molar-refractivity contribution in [3.8, 4) is 5.75 Å². The predicted molar refractivity (Wildman–Crippen MR) is 61.6 cm³/mol. The van der Waals surface area contributed by atoms with Crippen molar-refractivity contribution in [1.29, 1.82) is 0 Å². The monoisotopic (exact) mass is 216 g/mol. The van der Waals surface area contributed by atoms with Gasteiger partial charge in [-0.3, -0.25) is 4.79 Å². The second-order valence-corrected chi connectivity index (χ2v) is 3.69. The zero-order valence-corrected chi connectivity index (χ0v) is 8.68. The van der Waals surface area contributed by atoms with Gasteiger partial charge in [-0.25, -0.2) is 0 Å². The fourth-order valence-corrected chi connectivity index (χ4v) is 1.74. The molecule has 0 saturated heterocycles. The molecule has 82 valence electrons. The third-order valence-electron chi connectivity index (χ3n) is 2.59. The lowest BCUT2D eigenvalue weighted by atomic mass is 10.0. The van der Waals surface area contributed by atoms with E-state index in [1.807, 2.05) is 30.3 Å². The van der Waals surface area contributed by atoms with Gasteiger partial charge in [-0.15, -0.1) is 0 Å². The Morgan fingerprint density at radius 3 is 2.62 bits per heavy atom. The van der Waals surface area contributed by atoms with Crippen molar-refractivity contribution in [3.63, 3.8) is 0 Å². The van der Waals surface area contributed by atoms with Crippen LogP contribution in [0.5, 0.6) is 5.75 Å². The first-order valence-corrected chi connectivity index (χ1v) is 5.10. The van der Waals surface area contributed by atoms with Crippen LogP contribution in [0.3, 0.4) is 0 Å². The van der Waals surface area contributed by atoms with E-state index in [2.05, 4.69) is 0 Å². The Bertz CT molecular complexity index is 532. The summed E-state index contributed by atoms with van der Waals surface area (Å²) in [5.41, 5.74) is 0.682. The van der Waals surface area contributed by atoms with E-state index in [4.69, 9.17) is 5.11 Å². The van der Waals surface area contributed by atoms with Crippen LogP contribution >= 0.6 is 0 Å². The molecule has 0 aliphatic carbocycles. The largest absolute Gasteiger partial charge is 0.507 e. The number of phenols is 1. The molecule has 0 atom stereocenters. The number of aryl methyl sites for hydroxylation is 1. The van der Waals surface area contributed by atoms with Crippen LogP contribution in [0.4, 0.5) is 0 Å². The zero-order chi connectivity index (χ0) is 11.5. The number of carboxylic acid groups (broad SMARTS) is 1. The number of fused-ring (bicyclic) bond motifs is 1. The maximum absolute atomic E-state index is 10.5. The molecule has 2 rings (SSSR count). The van der Waals surface area contributed by atoms with Gasteiger partial charge in [-0.05, 0) is 17.4 Å². The molecule has 0 aliphatic rings. The maximum atomic E-state index is 10.5. The summed E-state index contributed by atoms with van der Waals surface area (Å²) in [6, 6.07) is 11.2. The summed E-state index contributed by atoms with van der Waals surface area (Å²) in [6.45, 7) is 0. The summed E-state index contributed by atoms with van der Waals surface area (Å²) >= 11 is 0. The van der Waals surface area contributed by atoms with Crippen molar-refractivity contribution in [1.82, 2.24) is 0 Å². The first kappa shape index (κ1) is 10.5. The third kappa shape index (κ3) is 1.98. The molecule has 16 heavy (non-hydrogen) atoms. The SMILES string of the molecule is O=C(O)CCc1ccc2ccccc2c1O. The highest BCUT2D eigenvalue weighted by atomic mass is 16.4. The fourth-order valence-electron chi connectivity index (χ4n) is 1.74. The quantitative estimate of drug-likeness (QED) is 0.829. The molecule has 0 aromatic heterocycles. The van der Waals surface area contributed by atoms with Gasteiger partial charge in [0.25, 0.3) is 0 Å². The molecule has 3 heteroatoms. The molecule has 0 radical (unpaired) electrons. The highest BCUT2D eigenvalue weighted by molar-refractivity contribution is 5.89. The Balaban J connectivity index is 2.40. The Labute approximate surface area is 93.0 Å². The zero-order valence-electron chi connectivity index (χ0n) is 8.68. The lowest BCUT2D eigenvalue weighted by Crippen LogP contribution is -1.97. The normalized spacial score (nSPS) is 10.5. The van der Waals surface area contributed by atoms with Gasteiger partial charge >= 0.3 is 5.97 Å². The van der Waals surface area contributed by atoms with E-state index < -0.39 is 5.97 Å². The third-order valence-corrected chi connectivity index (χ3v) is 2.59. The van der Waals surface area contributed by atoms with E-state index >= 15 is 0 Å². The molecule has 0 heterocycles. The Hall–Kier alpha value is -2.03. The molecule has 0 fully saturated rings. The van der Waals surface area contributed by atoms with Crippen LogP contribution in [-0.2, 0) is 11.2 Å². The van der Waals surface area contributed by atoms with E-state index in [1.54, 1.807) is 6.07 Å². The minimum Gasteiger partial charge on any atom is -0.507 e. The van der Waals surface area contributed by atoms with E-state index in [9.17, 15) is 9.90 Å². The van der Waals surface area contributed by atoms with Crippen LogP contribution in [0.15, 0.2) is 36.4 Å². The standard InChI is InChI=1S/C13H12O3/c14-12(15)8-7-10-6-5-9-3-1-2-4-11(9)13(10)16/h1-6,16H,7-8H2,(H,14,15). The first-order valence-electron chi connectivity index (χ1n) is 5.10. The molecule has 2 aromatic carbocycles. The predicted octanol–water partition coefficient (Wildman–Crippen LogP) is 2.56. The first-order chi connectivity index (χ1) is 7.68. The lowest BCUT2D eigenvalue weighted by molar-refractivity contribution is -0.136.